The third-order valence-corrected chi connectivity index (χ3v) is 9.54. The summed E-state index contributed by atoms with van der Waals surface area (Å²) in [6, 6.07) is 10.2. The molecule has 14 heteroatoms. The summed E-state index contributed by atoms with van der Waals surface area (Å²) in [4.78, 5) is 48.6. The molecule has 0 bridgehead atoms. The summed E-state index contributed by atoms with van der Waals surface area (Å²) >= 11 is 0. The molecule has 3 amide bonds. The molecule has 1 saturated heterocycles. The lowest BCUT2D eigenvalue weighted by Gasteiger charge is -2.40. The van der Waals surface area contributed by atoms with Gasteiger partial charge in [0.15, 0.2) is 0 Å². The van der Waals surface area contributed by atoms with Crippen LogP contribution in [0.5, 0.6) is 0 Å². The predicted octanol–water partition coefficient (Wildman–Crippen LogP) is 3.18. The lowest BCUT2D eigenvalue weighted by atomic mass is 9.97. The summed E-state index contributed by atoms with van der Waals surface area (Å²) in [6.07, 6.45) is 6.98. The smallest absolute Gasteiger partial charge is 0.271 e. The molecular weight excluding hydrogens is 658 g/mol. The van der Waals surface area contributed by atoms with E-state index in [1.54, 1.807) is 19.0 Å². The number of aryl methyl sites for hydroxylation is 1. The van der Waals surface area contributed by atoms with Crippen LogP contribution in [0.3, 0.4) is 0 Å². The quantitative estimate of drug-likeness (QED) is 0.147. The second-order valence-electron chi connectivity index (χ2n) is 14.1. The van der Waals surface area contributed by atoms with Gasteiger partial charge in [0.25, 0.3) is 11.8 Å². The van der Waals surface area contributed by atoms with Gasteiger partial charge in [-0.05, 0) is 56.4 Å². The minimum absolute atomic E-state index is 0.0129. The lowest BCUT2D eigenvalue weighted by molar-refractivity contribution is -0.121. The predicted molar refractivity (Wildman–Crippen MR) is 202 cm³/mol. The molecular formula is C38H51N11O3. The molecule has 276 valence electrons. The number of nitrogens with one attached hydrogen (secondary N) is 3. The van der Waals surface area contributed by atoms with E-state index >= 15 is 0 Å². The highest BCUT2D eigenvalue weighted by Crippen LogP contribution is 2.44. The van der Waals surface area contributed by atoms with Crippen molar-refractivity contribution in [3.05, 3.63) is 82.5 Å². The van der Waals surface area contributed by atoms with E-state index in [-0.39, 0.29) is 47.2 Å². The Morgan fingerprint density at radius 1 is 1.04 bits per heavy atom. The standard InChI is InChI=1S/C36H45N11O3.C2H6/c1-20-12-23(40-29(13-20)36(50)44(2)3)16-46-17-24(18-46)47-30-19-45(4)33-25(26(30)15-39-47)6-5-7-27(33)42-28(32(38)35(49)41-22-10-11-22)14-31(37)43-34(48)21-8-9-21;1-2/h5-7,12-15,21-22,24,42H,8-11,16-19,37-38H2,1-4H3,(H,41,49)(H,43,48);1-2H3/b31-14+,32-28+;. The number of aromatic nitrogens is 3. The number of hydrogen-bond acceptors (Lipinski definition) is 10. The minimum atomic E-state index is -0.385. The number of amides is 3. The first-order valence-electron chi connectivity index (χ1n) is 18.1. The Kier molecular flexibility index (Phi) is 10.6. The van der Waals surface area contributed by atoms with Crippen molar-refractivity contribution in [1.82, 2.24) is 35.2 Å². The fraction of sp³-hybridized carbons (Fsp3) is 0.447. The zero-order valence-electron chi connectivity index (χ0n) is 31.0. The molecule has 7 rings (SSSR count). The van der Waals surface area contributed by atoms with Gasteiger partial charge in [0.2, 0.25) is 5.91 Å². The minimum Gasteiger partial charge on any atom is -0.393 e. The first-order valence-corrected chi connectivity index (χ1v) is 18.1. The molecule has 0 spiro atoms. The van der Waals surface area contributed by atoms with Gasteiger partial charge in [-0.25, -0.2) is 4.98 Å². The Bertz CT molecular complexity index is 1920. The van der Waals surface area contributed by atoms with Crippen LogP contribution in [0.25, 0.3) is 11.1 Å². The Morgan fingerprint density at radius 3 is 2.44 bits per heavy atom. The highest BCUT2D eigenvalue weighted by Gasteiger charge is 2.35. The van der Waals surface area contributed by atoms with E-state index in [1.165, 1.54) is 6.08 Å². The van der Waals surface area contributed by atoms with Crippen LogP contribution in [0, 0.1) is 12.8 Å². The number of carbonyl (C=O) groups excluding carboxylic acids is 3. The number of benzene rings is 1. The summed E-state index contributed by atoms with van der Waals surface area (Å²) in [6.45, 7) is 8.91. The monoisotopic (exact) mass is 709 g/mol. The van der Waals surface area contributed by atoms with Gasteiger partial charge in [0, 0.05) is 69.9 Å². The van der Waals surface area contributed by atoms with Gasteiger partial charge in [-0.1, -0.05) is 26.0 Å². The molecule has 7 N–H and O–H groups in total. The zero-order chi connectivity index (χ0) is 37.3. The van der Waals surface area contributed by atoms with Crippen LogP contribution in [0.1, 0.15) is 73.0 Å². The fourth-order valence-corrected chi connectivity index (χ4v) is 6.60. The van der Waals surface area contributed by atoms with Gasteiger partial charge in [-0.3, -0.25) is 24.0 Å². The largest absolute Gasteiger partial charge is 0.393 e. The Labute approximate surface area is 305 Å². The molecule has 3 aromatic rings. The van der Waals surface area contributed by atoms with Crippen LogP contribution in [-0.4, -0.2) is 82.6 Å². The summed E-state index contributed by atoms with van der Waals surface area (Å²) in [5.41, 5.74) is 20.2. The van der Waals surface area contributed by atoms with Crippen molar-refractivity contribution >= 4 is 29.1 Å². The number of hydrogen-bond donors (Lipinski definition) is 5. The average Bonchev–Trinajstić information content (AvgIpc) is 4.04. The molecule has 4 heterocycles. The van der Waals surface area contributed by atoms with Gasteiger partial charge in [0.1, 0.15) is 17.2 Å². The Hall–Kier alpha value is -5.37. The number of likely N-dealkylation sites (tertiary alicyclic amines) is 1. The van der Waals surface area contributed by atoms with Crippen LogP contribution in [0.15, 0.2) is 59.8 Å². The van der Waals surface area contributed by atoms with Crippen LogP contribution < -0.4 is 32.3 Å². The van der Waals surface area contributed by atoms with E-state index in [9.17, 15) is 14.4 Å². The fourth-order valence-electron chi connectivity index (χ4n) is 6.60. The molecule has 2 saturated carbocycles. The van der Waals surface area contributed by atoms with Crippen molar-refractivity contribution in [3.8, 4) is 11.1 Å². The number of carbonyl (C=O) groups is 3. The van der Waals surface area contributed by atoms with Crippen molar-refractivity contribution in [2.75, 3.05) is 44.4 Å². The molecule has 2 aromatic heterocycles. The van der Waals surface area contributed by atoms with E-state index < -0.39 is 0 Å². The second-order valence-corrected chi connectivity index (χ2v) is 14.1. The number of allylic oxidation sites excluding steroid dienone is 1. The molecule has 0 unspecified atom stereocenters. The number of pyridine rings is 1. The van der Waals surface area contributed by atoms with Crippen LogP contribution >= 0.6 is 0 Å². The molecule has 14 nitrogen and oxygen atoms in total. The number of nitrogens with zero attached hydrogens (tertiary/aromatic N) is 6. The van der Waals surface area contributed by atoms with Gasteiger partial charge in [0.05, 0.1) is 47.2 Å². The SMILES string of the molecule is CC.Cc1cc(CN2CC(n3ncc4c3CN(C)c3c(NC(/C=C(\N)NC(=O)C5CC5)=C(/N)C(=O)NC5CC5)cccc3-4)C2)nc(C(=O)N(C)C)c1. The maximum Gasteiger partial charge on any atom is 0.271 e. The molecule has 0 atom stereocenters. The number of rotatable bonds is 11. The van der Waals surface area contributed by atoms with Crippen molar-refractivity contribution in [2.24, 2.45) is 17.4 Å². The van der Waals surface area contributed by atoms with Gasteiger partial charge >= 0.3 is 0 Å². The maximum absolute atomic E-state index is 13.0. The van der Waals surface area contributed by atoms with Crippen molar-refractivity contribution in [3.63, 3.8) is 0 Å². The van der Waals surface area contributed by atoms with Crippen molar-refractivity contribution in [1.29, 1.82) is 0 Å². The normalized spacial score (nSPS) is 17.4. The highest BCUT2D eigenvalue weighted by atomic mass is 16.2. The third-order valence-electron chi connectivity index (χ3n) is 9.54. The third kappa shape index (κ3) is 7.91. The second kappa shape index (κ2) is 15.1. The molecule has 52 heavy (non-hydrogen) atoms. The number of nitrogens with two attached hydrogens (primary N) is 2. The van der Waals surface area contributed by atoms with Gasteiger partial charge in [-0.15, -0.1) is 0 Å². The zero-order valence-corrected chi connectivity index (χ0v) is 31.0. The van der Waals surface area contributed by atoms with Crippen molar-refractivity contribution in [2.45, 2.75) is 71.6 Å². The average molecular weight is 710 g/mol. The van der Waals surface area contributed by atoms with E-state index in [4.69, 9.17) is 16.6 Å². The van der Waals surface area contributed by atoms with E-state index in [1.807, 2.05) is 58.3 Å². The van der Waals surface area contributed by atoms with Gasteiger partial charge < -0.3 is 37.2 Å². The van der Waals surface area contributed by atoms with Crippen LogP contribution in [0.2, 0.25) is 0 Å². The maximum atomic E-state index is 13.0. The van der Waals surface area contributed by atoms with Crippen LogP contribution in [0.4, 0.5) is 11.4 Å². The van der Waals surface area contributed by atoms with Crippen molar-refractivity contribution < 1.29 is 14.4 Å². The number of fused-ring (bicyclic) bond motifs is 3. The number of para-hydroxylation sites is 1. The molecule has 0 radical (unpaired) electrons. The number of anilines is 2. The summed E-state index contributed by atoms with van der Waals surface area (Å²) in [5, 5.41) is 13.9. The topological polar surface area (TPSA) is 180 Å². The molecule has 2 aliphatic heterocycles. The van der Waals surface area contributed by atoms with Gasteiger partial charge in [-0.2, -0.15) is 5.10 Å². The molecule has 3 fully saturated rings. The first kappa shape index (κ1) is 36.4. The molecule has 1 aromatic carbocycles. The molecule has 2 aliphatic carbocycles. The van der Waals surface area contributed by atoms with E-state index in [2.05, 4.69) is 41.5 Å². The van der Waals surface area contributed by atoms with E-state index in [0.717, 1.165) is 78.2 Å². The lowest BCUT2D eigenvalue weighted by Crippen LogP contribution is -2.48. The van der Waals surface area contributed by atoms with E-state index in [0.29, 0.717) is 24.5 Å². The summed E-state index contributed by atoms with van der Waals surface area (Å²) < 4.78 is 2.13. The Balaban J connectivity index is 0.00000228. The summed E-state index contributed by atoms with van der Waals surface area (Å²) in [7, 11) is 5.50. The highest BCUT2D eigenvalue weighted by molar-refractivity contribution is 5.96. The molecule has 4 aliphatic rings. The summed E-state index contributed by atoms with van der Waals surface area (Å²) in [5.74, 6) is -0.528. The Morgan fingerprint density at radius 2 is 1.77 bits per heavy atom. The first-order chi connectivity index (χ1) is 24.9. The van der Waals surface area contributed by atoms with Crippen LogP contribution in [-0.2, 0) is 22.7 Å².